The van der Waals surface area contributed by atoms with Crippen LogP contribution in [0.3, 0.4) is 0 Å². The van der Waals surface area contributed by atoms with Crippen LogP contribution in [0.5, 0.6) is 0 Å². The van der Waals surface area contributed by atoms with Gasteiger partial charge >= 0.3 is 0 Å². The minimum absolute atomic E-state index is 0.221. The summed E-state index contributed by atoms with van der Waals surface area (Å²) in [5.74, 6) is -0.349. The van der Waals surface area contributed by atoms with Gasteiger partial charge in [-0.2, -0.15) is 4.98 Å². The Morgan fingerprint density at radius 1 is 1.30 bits per heavy atom. The topological polar surface area (TPSA) is 212 Å². The van der Waals surface area contributed by atoms with Crippen LogP contribution < -0.4 is 16.2 Å². The van der Waals surface area contributed by atoms with Crippen molar-refractivity contribution in [1.29, 1.82) is 0 Å². The van der Waals surface area contributed by atoms with Crippen LogP contribution in [0.1, 0.15) is 6.23 Å². The van der Waals surface area contributed by atoms with E-state index < -0.39 is 65.0 Å². The van der Waals surface area contributed by atoms with Crippen LogP contribution in [0.25, 0.3) is 11.2 Å². The SMILES string of the molecule is Nc1nc2c(nc(S(=O)(=O)c3ccc(Cl)cc3)n2[C@@H]2OC3COP(=O)([O-])O[C@H]3C2O)c(=O)[nH]1. The van der Waals surface area contributed by atoms with Gasteiger partial charge in [-0.15, -0.1) is 0 Å². The molecule has 0 bridgehead atoms. The minimum Gasteiger partial charge on any atom is -0.756 e. The van der Waals surface area contributed by atoms with Gasteiger partial charge in [-0.25, -0.2) is 13.4 Å². The smallest absolute Gasteiger partial charge is 0.280 e. The number of rotatable bonds is 3. The van der Waals surface area contributed by atoms with E-state index in [1.807, 2.05) is 0 Å². The molecule has 0 radical (unpaired) electrons. The number of nitrogens with one attached hydrogen (secondary N) is 1. The number of benzene rings is 1. The first-order valence-electron chi connectivity index (χ1n) is 9.24. The number of aromatic amines is 1. The quantitative estimate of drug-likeness (QED) is 0.368. The van der Waals surface area contributed by atoms with Gasteiger partial charge in [0.2, 0.25) is 20.9 Å². The summed E-state index contributed by atoms with van der Waals surface area (Å²) in [6.07, 6.45) is -5.71. The number of nitrogens with zero attached hydrogens (tertiary/aromatic N) is 3. The number of sulfone groups is 1. The summed E-state index contributed by atoms with van der Waals surface area (Å²) >= 11 is 5.84. The van der Waals surface area contributed by atoms with Crippen LogP contribution >= 0.6 is 19.4 Å². The largest absolute Gasteiger partial charge is 0.756 e. The van der Waals surface area contributed by atoms with Gasteiger partial charge in [-0.3, -0.25) is 18.9 Å². The van der Waals surface area contributed by atoms with Crippen molar-refractivity contribution < 1.29 is 36.8 Å². The van der Waals surface area contributed by atoms with E-state index in [2.05, 4.69) is 19.5 Å². The average Bonchev–Trinajstić information content (AvgIpc) is 3.26. The minimum atomic E-state index is -4.69. The molecule has 176 valence electrons. The van der Waals surface area contributed by atoms with Crippen LogP contribution in [0, 0.1) is 0 Å². The number of halogens is 1. The number of anilines is 1. The maximum atomic E-state index is 13.4. The second kappa shape index (κ2) is 7.58. The van der Waals surface area contributed by atoms with E-state index in [9.17, 15) is 27.8 Å². The fourth-order valence-electron chi connectivity index (χ4n) is 3.66. The van der Waals surface area contributed by atoms with Crippen LogP contribution in [0.4, 0.5) is 5.95 Å². The Bertz CT molecular complexity index is 1470. The summed E-state index contributed by atoms with van der Waals surface area (Å²) in [6, 6.07) is 5.14. The molecule has 4 heterocycles. The van der Waals surface area contributed by atoms with Crippen molar-refractivity contribution in [2.24, 2.45) is 0 Å². The number of H-pyrrole nitrogens is 1. The summed E-state index contributed by atoms with van der Waals surface area (Å²) in [5, 5.41) is 10.4. The molecule has 5 atom stereocenters. The van der Waals surface area contributed by atoms with Gasteiger partial charge in [0.25, 0.3) is 13.4 Å². The number of nitrogens with two attached hydrogens (primary N) is 1. The van der Waals surface area contributed by atoms with Crippen molar-refractivity contribution in [2.45, 2.75) is 34.6 Å². The third-order valence-electron chi connectivity index (χ3n) is 5.11. The molecular weight excluding hydrogens is 505 g/mol. The molecule has 2 fully saturated rings. The Labute approximate surface area is 189 Å². The number of hydrogen-bond acceptors (Lipinski definition) is 12. The Morgan fingerprint density at radius 2 is 2.00 bits per heavy atom. The van der Waals surface area contributed by atoms with E-state index in [0.717, 1.165) is 4.57 Å². The molecule has 5 rings (SSSR count). The lowest BCUT2D eigenvalue weighted by Gasteiger charge is -2.34. The van der Waals surface area contributed by atoms with E-state index in [4.69, 9.17) is 26.6 Å². The monoisotopic (exact) mass is 518 g/mol. The maximum absolute atomic E-state index is 13.4. The lowest BCUT2D eigenvalue weighted by Crippen LogP contribution is -2.41. The lowest BCUT2D eigenvalue weighted by atomic mass is 10.1. The molecule has 0 spiro atoms. The summed E-state index contributed by atoms with van der Waals surface area (Å²) in [7, 11) is -9.11. The molecule has 2 aliphatic rings. The highest BCUT2D eigenvalue weighted by molar-refractivity contribution is 7.91. The predicted molar refractivity (Wildman–Crippen MR) is 108 cm³/mol. The van der Waals surface area contributed by atoms with Crippen LogP contribution in [-0.4, -0.2) is 58.0 Å². The number of hydrogen-bond donors (Lipinski definition) is 3. The van der Waals surface area contributed by atoms with Gasteiger partial charge in [0.15, 0.2) is 17.4 Å². The van der Waals surface area contributed by atoms with Gasteiger partial charge in [-0.1, -0.05) is 11.6 Å². The zero-order valence-corrected chi connectivity index (χ0v) is 18.7. The molecule has 4 N–H and O–H groups in total. The fourth-order valence-corrected chi connectivity index (χ4v) is 6.10. The summed E-state index contributed by atoms with van der Waals surface area (Å²) in [4.78, 5) is 34.0. The highest BCUT2D eigenvalue weighted by Gasteiger charge is 2.51. The van der Waals surface area contributed by atoms with Crippen molar-refractivity contribution in [3.63, 3.8) is 0 Å². The van der Waals surface area contributed by atoms with Gasteiger partial charge < -0.3 is 29.5 Å². The van der Waals surface area contributed by atoms with E-state index in [1.54, 1.807) is 0 Å². The maximum Gasteiger partial charge on any atom is 0.280 e. The van der Waals surface area contributed by atoms with E-state index in [1.165, 1.54) is 24.3 Å². The van der Waals surface area contributed by atoms with Crippen molar-refractivity contribution in [3.05, 3.63) is 39.6 Å². The third-order valence-corrected chi connectivity index (χ3v) is 7.99. The molecule has 0 saturated carbocycles. The van der Waals surface area contributed by atoms with E-state index in [-0.39, 0.29) is 21.5 Å². The first-order chi connectivity index (χ1) is 15.5. The van der Waals surface area contributed by atoms with Crippen molar-refractivity contribution in [3.8, 4) is 0 Å². The number of imidazole rings is 1. The van der Waals surface area contributed by atoms with Crippen LogP contribution in [0.15, 0.2) is 39.1 Å². The van der Waals surface area contributed by atoms with E-state index in [0.29, 0.717) is 0 Å². The average molecular weight is 519 g/mol. The number of aliphatic hydroxyl groups excluding tert-OH is 1. The summed E-state index contributed by atoms with van der Waals surface area (Å²) in [5.41, 5.74) is 4.09. The van der Waals surface area contributed by atoms with Gasteiger partial charge in [0.1, 0.15) is 18.3 Å². The summed E-state index contributed by atoms with van der Waals surface area (Å²) in [6.45, 7) is -0.471. The molecule has 0 amide bonds. The number of fused-ring (bicyclic) bond motifs is 2. The fraction of sp³-hybridized carbons (Fsp3) is 0.312. The first kappa shape index (κ1) is 22.4. The standard InChI is InChI=1S/C16H15ClN5O9PS/c17-6-1-3-7(4-2-6)33(27,28)16-19-9-12(20-15(18)21-13(9)24)22(16)14-10(23)11-8(30-14)5-29-32(25,26)31-11/h1-4,8,10-11,14,23H,5H2,(H,25,26)(H3,18,20,21,24)/p-1/t8?,10?,11-,14-/m1/s1. The molecule has 2 aromatic heterocycles. The van der Waals surface area contributed by atoms with Crippen LogP contribution in [-0.2, 0) is 28.2 Å². The Balaban J connectivity index is 1.72. The van der Waals surface area contributed by atoms with E-state index >= 15 is 0 Å². The second-order valence-corrected chi connectivity index (χ2v) is 10.9. The van der Waals surface area contributed by atoms with Crippen molar-refractivity contribution >= 4 is 46.4 Å². The molecule has 33 heavy (non-hydrogen) atoms. The highest BCUT2D eigenvalue weighted by atomic mass is 35.5. The second-order valence-electron chi connectivity index (χ2n) is 7.21. The third kappa shape index (κ3) is 3.66. The number of aromatic nitrogens is 4. The number of phosphoric ester groups is 1. The molecule has 2 aliphatic heterocycles. The van der Waals surface area contributed by atoms with Gasteiger partial charge in [0.05, 0.1) is 11.5 Å². The molecule has 0 aliphatic carbocycles. The van der Waals surface area contributed by atoms with Gasteiger partial charge in [-0.05, 0) is 24.3 Å². The van der Waals surface area contributed by atoms with Crippen LogP contribution in [0.2, 0.25) is 5.02 Å². The predicted octanol–water partition coefficient (Wildman–Crippen LogP) is -0.670. The number of phosphoric acid groups is 1. The molecular formula is C16H14ClN5O9PS-. The number of nitrogen functional groups attached to an aromatic ring is 1. The normalized spacial score (nSPS) is 29.9. The summed E-state index contributed by atoms with van der Waals surface area (Å²) < 4.78 is 54.5. The molecule has 1 aromatic carbocycles. The van der Waals surface area contributed by atoms with Crippen molar-refractivity contribution in [2.75, 3.05) is 12.3 Å². The molecule has 2 saturated heterocycles. The zero-order chi connectivity index (χ0) is 23.7. The Kier molecular flexibility index (Phi) is 5.15. The number of aliphatic hydroxyl groups is 1. The van der Waals surface area contributed by atoms with Gasteiger partial charge in [0, 0.05) is 5.02 Å². The zero-order valence-electron chi connectivity index (χ0n) is 16.2. The lowest BCUT2D eigenvalue weighted by molar-refractivity contribution is -0.245. The molecule has 3 aromatic rings. The molecule has 14 nitrogen and oxygen atoms in total. The molecule has 3 unspecified atom stereocenters. The highest BCUT2D eigenvalue weighted by Crippen LogP contribution is 2.50. The first-order valence-corrected chi connectivity index (χ1v) is 12.6. The number of ether oxygens (including phenoxy) is 1. The Hall–Kier alpha value is -2.36. The Morgan fingerprint density at radius 3 is 2.70 bits per heavy atom. The molecule has 17 heteroatoms. The van der Waals surface area contributed by atoms with Crippen molar-refractivity contribution in [1.82, 2.24) is 19.5 Å².